The molecular formula is C15H16ClFN2O2. The molecular weight excluding hydrogens is 295 g/mol. The van der Waals surface area contributed by atoms with Crippen molar-refractivity contribution in [3.05, 3.63) is 56.1 Å². The molecule has 0 aliphatic carbocycles. The highest BCUT2D eigenvalue weighted by molar-refractivity contribution is 6.32. The van der Waals surface area contributed by atoms with Gasteiger partial charge in [0.05, 0.1) is 5.56 Å². The first-order valence-corrected chi connectivity index (χ1v) is 7.01. The summed E-state index contributed by atoms with van der Waals surface area (Å²) in [6.07, 6.45) is 0. The molecule has 0 aliphatic heterocycles. The van der Waals surface area contributed by atoms with Crippen LogP contribution in [0.15, 0.2) is 33.9 Å². The van der Waals surface area contributed by atoms with Gasteiger partial charge >= 0.3 is 5.69 Å². The summed E-state index contributed by atoms with van der Waals surface area (Å²) < 4.78 is 14.5. The highest BCUT2D eigenvalue weighted by Crippen LogP contribution is 2.23. The zero-order chi connectivity index (χ0) is 15.7. The van der Waals surface area contributed by atoms with E-state index in [9.17, 15) is 14.0 Å². The number of hydrogen-bond acceptors (Lipinski definition) is 2. The Morgan fingerprint density at radius 2 is 1.90 bits per heavy atom. The molecule has 0 radical (unpaired) electrons. The number of rotatable bonds is 3. The van der Waals surface area contributed by atoms with Crippen molar-refractivity contribution < 1.29 is 4.39 Å². The molecule has 2 rings (SSSR count). The van der Waals surface area contributed by atoms with Crippen LogP contribution in [0.3, 0.4) is 0 Å². The Morgan fingerprint density at radius 3 is 2.48 bits per heavy atom. The largest absolute Gasteiger partial charge is 0.329 e. The minimum atomic E-state index is -0.564. The van der Waals surface area contributed by atoms with Crippen LogP contribution in [0.2, 0.25) is 5.15 Å². The van der Waals surface area contributed by atoms with Crippen molar-refractivity contribution >= 4 is 11.6 Å². The quantitative estimate of drug-likeness (QED) is 0.885. The summed E-state index contributed by atoms with van der Waals surface area (Å²) in [5.41, 5.74) is -0.642. The highest BCUT2D eigenvalue weighted by atomic mass is 35.5. The molecule has 0 amide bonds. The second kappa shape index (κ2) is 5.85. The average Bonchev–Trinajstić information content (AvgIpc) is 2.37. The molecule has 1 heterocycles. The number of halogens is 2. The first-order chi connectivity index (χ1) is 9.82. The van der Waals surface area contributed by atoms with Gasteiger partial charge in [-0.05, 0) is 30.5 Å². The van der Waals surface area contributed by atoms with Crippen molar-refractivity contribution in [3.8, 4) is 11.1 Å². The second-order valence-corrected chi connectivity index (χ2v) is 5.67. The van der Waals surface area contributed by atoms with Crippen molar-refractivity contribution in [2.24, 2.45) is 5.92 Å². The van der Waals surface area contributed by atoms with E-state index in [4.69, 9.17) is 11.6 Å². The average molecular weight is 311 g/mol. The first kappa shape index (κ1) is 15.5. The van der Waals surface area contributed by atoms with Crippen molar-refractivity contribution in [1.82, 2.24) is 9.55 Å². The molecule has 2 aromatic rings. The van der Waals surface area contributed by atoms with Crippen LogP contribution in [0.25, 0.3) is 11.1 Å². The lowest BCUT2D eigenvalue weighted by atomic mass is 10.1. The number of benzene rings is 1. The van der Waals surface area contributed by atoms with Gasteiger partial charge < -0.3 is 0 Å². The van der Waals surface area contributed by atoms with Gasteiger partial charge in [0, 0.05) is 6.04 Å². The molecule has 0 aliphatic rings. The number of nitrogens with one attached hydrogen (secondary N) is 1. The van der Waals surface area contributed by atoms with Crippen LogP contribution in [-0.4, -0.2) is 9.55 Å². The van der Waals surface area contributed by atoms with Crippen LogP contribution >= 0.6 is 11.6 Å². The van der Waals surface area contributed by atoms with E-state index >= 15 is 0 Å². The Kier molecular flexibility index (Phi) is 4.32. The fourth-order valence-electron chi connectivity index (χ4n) is 2.09. The maximum absolute atomic E-state index is 13.4. The number of aromatic amines is 1. The van der Waals surface area contributed by atoms with Crippen LogP contribution in [0, 0.1) is 11.7 Å². The van der Waals surface area contributed by atoms with E-state index in [1.807, 2.05) is 13.8 Å². The van der Waals surface area contributed by atoms with Gasteiger partial charge in [-0.2, -0.15) is 0 Å². The van der Waals surface area contributed by atoms with Gasteiger partial charge in [-0.3, -0.25) is 14.3 Å². The minimum Gasteiger partial charge on any atom is -0.297 e. The number of aromatic nitrogens is 2. The Hall–Kier alpha value is -1.88. The van der Waals surface area contributed by atoms with E-state index in [0.29, 0.717) is 5.56 Å². The molecule has 0 saturated heterocycles. The maximum Gasteiger partial charge on any atom is 0.329 e. The third-order valence-electron chi connectivity index (χ3n) is 3.57. The Bertz CT molecular complexity index is 780. The summed E-state index contributed by atoms with van der Waals surface area (Å²) in [7, 11) is 0. The molecule has 1 unspecified atom stereocenters. The zero-order valence-corrected chi connectivity index (χ0v) is 12.7. The summed E-state index contributed by atoms with van der Waals surface area (Å²) in [6.45, 7) is 5.60. The van der Waals surface area contributed by atoms with Crippen molar-refractivity contribution in [1.29, 1.82) is 0 Å². The summed E-state index contributed by atoms with van der Waals surface area (Å²) >= 11 is 5.99. The van der Waals surface area contributed by atoms with Crippen LogP contribution in [0.5, 0.6) is 0 Å². The van der Waals surface area contributed by atoms with E-state index in [2.05, 4.69) is 4.98 Å². The van der Waals surface area contributed by atoms with Gasteiger partial charge in [0.25, 0.3) is 5.56 Å². The Labute approximate surface area is 126 Å². The predicted molar refractivity (Wildman–Crippen MR) is 81.3 cm³/mol. The number of nitrogens with zero attached hydrogens (tertiary/aromatic N) is 1. The Morgan fingerprint density at radius 1 is 1.24 bits per heavy atom. The molecule has 0 saturated carbocycles. The standard InChI is InChI=1S/C15H16ClFN2O2/c1-8(2)9(3)19-14(20)12(13(16)18-15(19)21)10-5-4-6-11(17)7-10/h4-9H,1-3H3,(H,18,21). The molecule has 0 spiro atoms. The normalized spacial score (nSPS) is 12.7. The fraction of sp³-hybridized carbons (Fsp3) is 0.333. The molecule has 0 bridgehead atoms. The Balaban J connectivity index is 2.77. The molecule has 1 N–H and O–H groups in total. The molecule has 112 valence electrons. The molecule has 1 atom stereocenters. The van der Waals surface area contributed by atoms with Crippen molar-refractivity contribution in [2.45, 2.75) is 26.8 Å². The van der Waals surface area contributed by atoms with Gasteiger partial charge in [0.2, 0.25) is 0 Å². The van der Waals surface area contributed by atoms with Crippen molar-refractivity contribution in [2.75, 3.05) is 0 Å². The van der Waals surface area contributed by atoms with Crippen LogP contribution in [0.4, 0.5) is 4.39 Å². The number of H-pyrrole nitrogens is 1. The molecule has 6 heteroatoms. The maximum atomic E-state index is 13.4. The van der Waals surface area contributed by atoms with E-state index in [-0.39, 0.29) is 22.7 Å². The van der Waals surface area contributed by atoms with E-state index in [1.165, 1.54) is 18.2 Å². The lowest BCUT2D eigenvalue weighted by Crippen LogP contribution is -2.39. The minimum absolute atomic E-state index is 0.0807. The third-order valence-corrected chi connectivity index (χ3v) is 3.86. The van der Waals surface area contributed by atoms with E-state index in [0.717, 1.165) is 4.57 Å². The summed E-state index contributed by atoms with van der Waals surface area (Å²) in [4.78, 5) is 27.1. The number of hydrogen-bond donors (Lipinski definition) is 1. The van der Waals surface area contributed by atoms with Gasteiger partial charge in [0.1, 0.15) is 11.0 Å². The highest BCUT2D eigenvalue weighted by Gasteiger charge is 2.20. The third kappa shape index (κ3) is 2.93. The second-order valence-electron chi connectivity index (χ2n) is 5.29. The molecule has 21 heavy (non-hydrogen) atoms. The smallest absolute Gasteiger partial charge is 0.297 e. The predicted octanol–water partition coefficient (Wildman–Crippen LogP) is 3.21. The fourth-order valence-corrected chi connectivity index (χ4v) is 2.36. The lowest BCUT2D eigenvalue weighted by Gasteiger charge is -2.19. The molecule has 4 nitrogen and oxygen atoms in total. The monoisotopic (exact) mass is 310 g/mol. The SMILES string of the molecule is CC(C)C(C)n1c(=O)[nH]c(Cl)c(-c2cccc(F)c2)c1=O. The van der Waals surface area contributed by atoms with Crippen LogP contribution in [0.1, 0.15) is 26.8 Å². The van der Waals surface area contributed by atoms with E-state index < -0.39 is 17.1 Å². The zero-order valence-electron chi connectivity index (χ0n) is 12.0. The van der Waals surface area contributed by atoms with Crippen LogP contribution < -0.4 is 11.2 Å². The summed E-state index contributed by atoms with van der Waals surface area (Å²) in [5.74, 6) is -0.386. The molecule has 0 fully saturated rings. The molecule has 1 aromatic carbocycles. The van der Waals surface area contributed by atoms with Gasteiger partial charge in [-0.25, -0.2) is 9.18 Å². The molecule has 1 aromatic heterocycles. The van der Waals surface area contributed by atoms with Crippen LogP contribution in [-0.2, 0) is 0 Å². The van der Waals surface area contributed by atoms with E-state index in [1.54, 1.807) is 13.0 Å². The van der Waals surface area contributed by atoms with Gasteiger partial charge in [-0.15, -0.1) is 0 Å². The topological polar surface area (TPSA) is 54.9 Å². The summed E-state index contributed by atoms with van der Waals surface area (Å²) in [5, 5.41) is -0.0807. The van der Waals surface area contributed by atoms with Crippen molar-refractivity contribution in [3.63, 3.8) is 0 Å². The van der Waals surface area contributed by atoms with Gasteiger partial charge in [-0.1, -0.05) is 37.6 Å². The summed E-state index contributed by atoms with van der Waals surface area (Å²) in [6, 6.07) is 5.26. The van der Waals surface area contributed by atoms with Gasteiger partial charge in [0.15, 0.2) is 0 Å². The lowest BCUT2D eigenvalue weighted by molar-refractivity contribution is 0.384. The first-order valence-electron chi connectivity index (χ1n) is 6.63.